The number of carbonyl (C=O) groups is 1. The molecule has 8 nitrogen and oxygen atoms in total. The number of aryl methyl sites for hydroxylation is 1. The third-order valence-corrected chi connectivity index (χ3v) is 6.80. The van der Waals surface area contributed by atoms with Gasteiger partial charge in [0.15, 0.2) is 17.3 Å². The molecule has 8 heteroatoms. The third kappa shape index (κ3) is 3.71. The number of ether oxygens (including phenoxy) is 2. The molecule has 1 atom stereocenters. The molecule has 0 bridgehead atoms. The zero-order valence-corrected chi connectivity index (χ0v) is 19.2. The zero-order valence-electron chi connectivity index (χ0n) is 19.2. The zero-order chi connectivity index (χ0) is 24.1. The molecule has 0 aliphatic carbocycles. The van der Waals surface area contributed by atoms with Crippen molar-refractivity contribution < 1.29 is 23.8 Å². The van der Waals surface area contributed by atoms with E-state index in [0.29, 0.717) is 35.9 Å². The summed E-state index contributed by atoms with van der Waals surface area (Å²) in [7, 11) is 0. The van der Waals surface area contributed by atoms with E-state index in [1.165, 1.54) is 17.0 Å². The minimum absolute atomic E-state index is 0.0230. The van der Waals surface area contributed by atoms with Crippen LogP contribution in [0.5, 0.6) is 17.2 Å². The molecule has 2 aromatic heterocycles. The van der Waals surface area contributed by atoms with Crippen LogP contribution in [0.1, 0.15) is 40.7 Å². The van der Waals surface area contributed by atoms with Crippen molar-refractivity contribution in [3.05, 3.63) is 87.1 Å². The maximum absolute atomic E-state index is 13.5. The maximum Gasteiger partial charge on any atom is 0.231 e. The first-order chi connectivity index (χ1) is 17.0. The molecule has 4 heterocycles. The summed E-state index contributed by atoms with van der Waals surface area (Å²) in [6, 6.07) is 14.7. The average molecular weight is 472 g/mol. The topological polar surface area (TPSA) is 105 Å². The molecule has 0 radical (unpaired) electrons. The Hall–Kier alpha value is -4.20. The summed E-state index contributed by atoms with van der Waals surface area (Å²) >= 11 is 0. The summed E-state index contributed by atoms with van der Waals surface area (Å²) in [4.78, 5) is 31.1. The Bertz CT molecular complexity index is 1520. The molecule has 2 aliphatic rings. The molecule has 6 rings (SSSR count). The molecule has 1 unspecified atom stereocenters. The van der Waals surface area contributed by atoms with E-state index < -0.39 is 17.1 Å². The first kappa shape index (κ1) is 21.3. The highest BCUT2D eigenvalue weighted by Crippen LogP contribution is 2.40. The van der Waals surface area contributed by atoms with Crippen LogP contribution in [0.15, 0.2) is 57.7 Å². The van der Waals surface area contributed by atoms with Gasteiger partial charge in [-0.25, -0.2) is 0 Å². The molecule has 178 valence electrons. The molecule has 0 saturated carbocycles. The predicted molar refractivity (Wildman–Crippen MR) is 128 cm³/mol. The Morgan fingerprint density at radius 2 is 1.97 bits per heavy atom. The Morgan fingerprint density at radius 1 is 1.14 bits per heavy atom. The number of nitrogens with one attached hydrogen (secondary N) is 1. The molecule has 0 saturated heterocycles. The summed E-state index contributed by atoms with van der Waals surface area (Å²) in [5, 5.41) is 11.8. The van der Waals surface area contributed by atoms with Crippen molar-refractivity contribution in [1.82, 2.24) is 9.88 Å². The van der Waals surface area contributed by atoms with E-state index in [1.807, 2.05) is 23.1 Å². The Morgan fingerprint density at radius 3 is 2.86 bits per heavy atom. The number of fused-ring (bicyclic) bond motifs is 4. The van der Waals surface area contributed by atoms with Crippen LogP contribution < -0.4 is 14.9 Å². The van der Waals surface area contributed by atoms with Crippen LogP contribution in [0.2, 0.25) is 0 Å². The van der Waals surface area contributed by atoms with Crippen molar-refractivity contribution in [3.63, 3.8) is 0 Å². The van der Waals surface area contributed by atoms with Crippen LogP contribution in [0.25, 0.3) is 10.9 Å². The van der Waals surface area contributed by atoms with E-state index in [9.17, 15) is 14.7 Å². The number of rotatable bonds is 4. The summed E-state index contributed by atoms with van der Waals surface area (Å²) in [6.07, 6.45) is 0.777. The lowest BCUT2D eigenvalue weighted by atomic mass is 9.90. The quantitative estimate of drug-likeness (QED) is 0.466. The maximum atomic E-state index is 13.5. The fraction of sp³-hybridized carbons (Fsp3) is 0.259. The van der Waals surface area contributed by atoms with Gasteiger partial charge in [-0.05, 0) is 42.7 Å². The van der Waals surface area contributed by atoms with Gasteiger partial charge in [-0.2, -0.15) is 0 Å². The first-order valence-electron chi connectivity index (χ1n) is 11.6. The van der Waals surface area contributed by atoms with Gasteiger partial charge in [0.05, 0.1) is 12.5 Å². The Kier molecular flexibility index (Phi) is 5.02. The lowest BCUT2D eigenvalue weighted by molar-refractivity contribution is -0.132. The Balaban J connectivity index is 1.34. The van der Waals surface area contributed by atoms with E-state index >= 15 is 0 Å². The van der Waals surface area contributed by atoms with Gasteiger partial charge >= 0.3 is 0 Å². The van der Waals surface area contributed by atoms with Crippen LogP contribution >= 0.6 is 0 Å². The fourth-order valence-electron chi connectivity index (χ4n) is 5.06. The van der Waals surface area contributed by atoms with Gasteiger partial charge in [0.25, 0.3) is 0 Å². The van der Waals surface area contributed by atoms with Crippen LogP contribution in [-0.2, 0) is 17.8 Å². The number of carbonyl (C=O) groups excluding carboxylic acids is 1. The van der Waals surface area contributed by atoms with Crippen LogP contribution in [0.4, 0.5) is 0 Å². The van der Waals surface area contributed by atoms with E-state index in [2.05, 4.69) is 11.1 Å². The number of amides is 1. The number of nitrogens with zero attached hydrogens (tertiary/aromatic N) is 1. The van der Waals surface area contributed by atoms with E-state index in [1.54, 1.807) is 25.1 Å². The first-order valence-corrected chi connectivity index (χ1v) is 11.6. The van der Waals surface area contributed by atoms with E-state index in [0.717, 1.165) is 17.6 Å². The molecule has 2 N–H and O–H groups in total. The van der Waals surface area contributed by atoms with Gasteiger partial charge in [-0.1, -0.05) is 24.3 Å². The number of aromatic amines is 1. The van der Waals surface area contributed by atoms with Crippen molar-refractivity contribution in [3.8, 4) is 17.2 Å². The molecule has 1 amide bonds. The number of H-pyrrole nitrogens is 1. The number of benzene rings is 2. The lowest BCUT2D eigenvalue weighted by Crippen LogP contribution is -2.36. The van der Waals surface area contributed by atoms with Gasteiger partial charge in [0, 0.05) is 35.6 Å². The summed E-state index contributed by atoms with van der Waals surface area (Å²) in [6.45, 7) is 2.82. The second kappa shape index (κ2) is 8.23. The largest absolute Gasteiger partial charge is 0.502 e. The molecule has 2 aromatic carbocycles. The number of aromatic hydroxyl groups is 1. The van der Waals surface area contributed by atoms with Crippen molar-refractivity contribution in [1.29, 1.82) is 0 Å². The molecular formula is C27H24N2O6. The van der Waals surface area contributed by atoms with Gasteiger partial charge in [-0.15, -0.1) is 0 Å². The van der Waals surface area contributed by atoms with Crippen LogP contribution in [0.3, 0.4) is 0 Å². The number of hydrogen-bond acceptors (Lipinski definition) is 6. The number of para-hydroxylation sites is 1. The molecule has 2 aliphatic heterocycles. The highest BCUT2D eigenvalue weighted by molar-refractivity contribution is 5.86. The Labute approximate surface area is 200 Å². The molecular weight excluding hydrogens is 448 g/mol. The monoisotopic (exact) mass is 472 g/mol. The number of hydrogen-bond donors (Lipinski definition) is 2. The highest BCUT2D eigenvalue weighted by Gasteiger charge is 2.31. The smallest absolute Gasteiger partial charge is 0.231 e. The second-order valence-corrected chi connectivity index (χ2v) is 9.00. The standard InChI is InChI=1S/C27H24N2O6/c1-15-10-22(30)26(32)27(35-15)19(16-6-7-23-24(11-16)34-14-33-23)12-25(31)29-9-8-18-17-4-2-3-5-20(17)28-21(18)13-29/h2-7,10-11,19,28,32H,8-9,12-14H2,1H3. The summed E-state index contributed by atoms with van der Waals surface area (Å²) < 4.78 is 16.7. The van der Waals surface area contributed by atoms with Crippen molar-refractivity contribution in [2.24, 2.45) is 0 Å². The van der Waals surface area contributed by atoms with Crippen LogP contribution in [0, 0.1) is 6.92 Å². The summed E-state index contributed by atoms with van der Waals surface area (Å²) in [5.74, 6) is 0.343. The van der Waals surface area contributed by atoms with Crippen molar-refractivity contribution in [2.75, 3.05) is 13.3 Å². The molecule has 4 aromatic rings. The van der Waals surface area contributed by atoms with Crippen molar-refractivity contribution in [2.45, 2.75) is 32.2 Å². The highest BCUT2D eigenvalue weighted by atomic mass is 16.7. The van der Waals surface area contributed by atoms with Gasteiger partial charge in [0.1, 0.15) is 5.76 Å². The van der Waals surface area contributed by atoms with Crippen LogP contribution in [-0.4, -0.2) is 34.2 Å². The van der Waals surface area contributed by atoms with Gasteiger partial charge in [-0.3, -0.25) is 9.59 Å². The predicted octanol–water partition coefficient (Wildman–Crippen LogP) is 3.97. The number of aromatic nitrogens is 1. The molecule has 35 heavy (non-hydrogen) atoms. The van der Waals surface area contributed by atoms with E-state index in [-0.39, 0.29) is 24.9 Å². The molecule has 0 spiro atoms. The minimum Gasteiger partial charge on any atom is -0.502 e. The lowest BCUT2D eigenvalue weighted by Gasteiger charge is -2.29. The average Bonchev–Trinajstić information content (AvgIpc) is 3.48. The molecule has 0 fully saturated rings. The minimum atomic E-state index is -0.672. The second-order valence-electron chi connectivity index (χ2n) is 9.00. The summed E-state index contributed by atoms with van der Waals surface area (Å²) in [5.41, 5.74) is 3.50. The van der Waals surface area contributed by atoms with Crippen molar-refractivity contribution >= 4 is 16.8 Å². The van der Waals surface area contributed by atoms with Gasteiger partial charge in [0.2, 0.25) is 23.9 Å². The van der Waals surface area contributed by atoms with Gasteiger partial charge < -0.3 is 28.9 Å². The van der Waals surface area contributed by atoms with E-state index in [4.69, 9.17) is 13.9 Å². The SMILES string of the molecule is Cc1cc(=O)c(O)c(C(CC(=O)N2CCc3c([nH]c4ccccc34)C2)c2ccc3c(c2)OCO3)o1. The fourth-order valence-corrected chi connectivity index (χ4v) is 5.06. The third-order valence-electron chi connectivity index (χ3n) is 6.80. The normalized spacial score (nSPS) is 15.3.